The topological polar surface area (TPSA) is 93.7 Å². The number of aromatic nitrogens is 2. The maximum Gasteiger partial charge on any atom is 0.337 e. The van der Waals surface area contributed by atoms with E-state index in [9.17, 15) is 9.90 Å². The van der Waals surface area contributed by atoms with Gasteiger partial charge in [0.05, 0.1) is 32.4 Å². The number of hydrogen-bond donors (Lipinski definition) is 2. The van der Waals surface area contributed by atoms with Crippen LogP contribution in [-0.2, 0) is 0 Å². The van der Waals surface area contributed by atoms with E-state index >= 15 is 0 Å². The number of imidazole rings is 1. The van der Waals surface area contributed by atoms with Crippen LogP contribution in [-0.4, -0.2) is 42.4 Å². The fraction of sp³-hybridized carbons (Fsp3) is 0.176. The molecule has 1 aromatic heterocycles. The Hall–Kier alpha value is -3.22. The second-order valence-electron chi connectivity index (χ2n) is 5.01. The number of hydrogen-bond acceptors (Lipinski definition) is 5. The summed E-state index contributed by atoms with van der Waals surface area (Å²) < 4.78 is 16.0. The largest absolute Gasteiger partial charge is 0.493 e. The minimum atomic E-state index is -1.02. The number of rotatable bonds is 5. The molecule has 0 saturated heterocycles. The number of aromatic amines is 1. The van der Waals surface area contributed by atoms with E-state index in [1.807, 2.05) is 0 Å². The zero-order valence-electron chi connectivity index (χ0n) is 13.4. The summed E-state index contributed by atoms with van der Waals surface area (Å²) >= 11 is 0. The second-order valence-corrected chi connectivity index (χ2v) is 5.01. The van der Waals surface area contributed by atoms with Gasteiger partial charge >= 0.3 is 5.97 Å². The van der Waals surface area contributed by atoms with Gasteiger partial charge in [0, 0.05) is 5.56 Å². The van der Waals surface area contributed by atoms with Crippen LogP contribution in [0, 0.1) is 0 Å². The Morgan fingerprint density at radius 3 is 2.29 bits per heavy atom. The van der Waals surface area contributed by atoms with Gasteiger partial charge in [0.25, 0.3) is 0 Å². The molecule has 0 atom stereocenters. The molecule has 124 valence electrons. The van der Waals surface area contributed by atoms with Crippen molar-refractivity contribution in [3.63, 3.8) is 0 Å². The smallest absolute Gasteiger partial charge is 0.337 e. The van der Waals surface area contributed by atoms with Crippen molar-refractivity contribution in [2.75, 3.05) is 21.3 Å². The summed E-state index contributed by atoms with van der Waals surface area (Å²) in [7, 11) is 4.59. The summed E-state index contributed by atoms with van der Waals surface area (Å²) in [5.41, 5.74) is 1.87. The normalized spacial score (nSPS) is 10.6. The third-order valence-corrected chi connectivity index (χ3v) is 3.68. The van der Waals surface area contributed by atoms with Gasteiger partial charge in [0.1, 0.15) is 11.3 Å². The molecule has 24 heavy (non-hydrogen) atoms. The fourth-order valence-corrected chi connectivity index (χ4v) is 2.56. The Bertz CT molecular complexity index is 891. The molecule has 2 aromatic carbocycles. The van der Waals surface area contributed by atoms with E-state index in [0.717, 1.165) is 0 Å². The second kappa shape index (κ2) is 6.11. The molecule has 0 saturated carbocycles. The number of aromatic carboxylic acids is 1. The first-order valence-corrected chi connectivity index (χ1v) is 7.11. The molecule has 0 fully saturated rings. The number of ether oxygens (including phenoxy) is 3. The zero-order chi connectivity index (χ0) is 17.3. The molecular formula is C17H16N2O5. The van der Waals surface area contributed by atoms with Gasteiger partial charge in [-0.1, -0.05) is 6.07 Å². The Morgan fingerprint density at radius 2 is 1.75 bits per heavy atom. The average Bonchev–Trinajstić information content (AvgIpc) is 3.04. The molecule has 0 bridgehead atoms. The maximum atomic E-state index is 11.3. The van der Waals surface area contributed by atoms with Crippen molar-refractivity contribution in [3.8, 4) is 28.6 Å². The number of nitrogens with zero attached hydrogens (tertiary/aromatic N) is 1. The molecule has 1 heterocycles. The molecular weight excluding hydrogens is 312 g/mol. The van der Waals surface area contributed by atoms with Crippen LogP contribution in [0.3, 0.4) is 0 Å². The van der Waals surface area contributed by atoms with Crippen LogP contribution in [0.2, 0.25) is 0 Å². The molecule has 2 N–H and O–H groups in total. The van der Waals surface area contributed by atoms with Crippen molar-refractivity contribution in [2.45, 2.75) is 0 Å². The number of carbonyl (C=O) groups is 1. The lowest BCUT2D eigenvalue weighted by Crippen LogP contribution is -1.97. The Labute approximate surface area is 137 Å². The van der Waals surface area contributed by atoms with Gasteiger partial charge in [0.15, 0.2) is 11.5 Å². The van der Waals surface area contributed by atoms with Gasteiger partial charge in [-0.2, -0.15) is 0 Å². The van der Waals surface area contributed by atoms with Gasteiger partial charge in [-0.25, -0.2) is 9.78 Å². The van der Waals surface area contributed by atoms with Crippen LogP contribution >= 0.6 is 0 Å². The summed E-state index contributed by atoms with van der Waals surface area (Å²) in [5.74, 6) is 0.948. The van der Waals surface area contributed by atoms with Crippen molar-refractivity contribution in [1.29, 1.82) is 0 Å². The van der Waals surface area contributed by atoms with E-state index in [1.54, 1.807) is 24.3 Å². The number of nitrogens with one attached hydrogen (secondary N) is 1. The molecule has 0 spiro atoms. The van der Waals surface area contributed by atoms with Crippen LogP contribution in [0.1, 0.15) is 10.4 Å². The molecule has 0 unspecified atom stereocenters. The number of benzene rings is 2. The first kappa shape index (κ1) is 15.7. The molecule has 0 aliphatic heterocycles. The first-order valence-electron chi connectivity index (χ1n) is 7.11. The SMILES string of the molecule is COc1cc(-c2nc3c(C(=O)O)cccc3[nH]2)cc(OC)c1OC. The van der Waals surface area contributed by atoms with Gasteiger partial charge in [-0.05, 0) is 24.3 Å². The van der Waals surface area contributed by atoms with Crippen LogP contribution < -0.4 is 14.2 Å². The number of carboxylic acid groups (broad SMARTS) is 1. The Balaban J connectivity index is 2.20. The van der Waals surface area contributed by atoms with Gasteiger partial charge < -0.3 is 24.3 Å². The Kier molecular flexibility index (Phi) is 3.99. The molecule has 7 nitrogen and oxygen atoms in total. The lowest BCUT2D eigenvalue weighted by Gasteiger charge is -2.13. The number of H-pyrrole nitrogens is 1. The number of carboxylic acids is 1. The monoisotopic (exact) mass is 328 g/mol. The van der Waals surface area contributed by atoms with E-state index in [0.29, 0.717) is 39.7 Å². The van der Waals surface area contributed by atoms with Crippen LogP contribution in [0.25, 0.3) is 22.4 Å². The Morgan fingerprint density at radius 1 is 1.08 bits per heavy atom. The van der Waals surface area contributed by atoms with Gasteiger partial charge in [-0.3, -0.25) is 0 Å². The standard InChI is InChI=1S/C17H16N2O5/c1-22-12-7-9(8-13(23-2)15(12)24-3)16-18-11-6-4-5-10(17(20)21)14(11)19-16/h4-8H,1-3H3,(H,18,19)(H,20,21). The summed E-state index contributed by atoms with van der Waals surface area (Å²) in [6.07, 6.45) is 0. The van der Waals surface area contributed by atoms with Crippen LogP contribution in [0.15, 0.2) is 30.3 Å². The molecule has 3 rings (SSSR count). The van der Waals surface area contributed by atoms with E-state index in [4.69, 9.17) is 14.2 Å². The molecule has 3 aromatic rings. The molecule has 0 aliphatic rings. The lowest BCUT2D eigenvalue weighted by molar-refractivity contribution is 0.0699. The summed E-state index contributed by atoms with van der Waals surface area (Å²) in [4.78, 5) is 18.9. The molecule has 0 radical (unpaired) electrons. The van der Waals surface area contributed by atoms with Crippen LogP contribution in [0.5, 0.6) is 17.2 Å². The summed E-state index contributed by atoms with van der Waals surface area (Å²) in [6, 6.07) is 8.46. The predicted octanol–water partition coefficient (Wildman–Crippen LogP) is 2.95. The highest BCUT2D eigenvalue weighted by Gasteiger charge is 2.17. The number of methoxy groups -OCH3 is 3. The van der Waals surface area contributed by atoms with Gasteiger partial charge in [-0.15, -0.1) is 0 Å². The lowest BCUT2D eigenvalue weighted by atomic mass is 10.1. The van der Waals surface area contributed by atoms with E-state index in [2.05, 4.69) is 9.97 Å². The van der Waals surface area contributed by atoms with Crippen molar-refractivity contribution >= 4 is 17.0 Å². The average molecular weight is 328 g/mol. The van der Waals surface area contributed by atoms with Crippen molar-refractivity contribution in [3.05, 3.63) is 35.9 Å². The van der Waals surface area contributed by atoms with Crippen LogP contribution in [0.4, 0.5) is 0 Å². The third kappa shape index (κ3) is 2.50. The first-order chi connectivity index (χ1) is 11.6. The minimum Gasteiger partial charge on any atom is -0.493 e. The quantitative estimate of drug-likeness (QED) is 0.748. The van der Waals surface area contributed by atoms with Crippen molar-refractivity contribution in [1.82, 2.24) is 9.97 Å². The maximum absolute atomic E-state index is 11.3. The highest BCUT2D eigenvalue weighted by molar-refractivity contribution is 6.01. The molecule has 0 aliphatic carbocycles. The predicted molar refractivity (Wildman–Crippen MR) is 88.1 cm³/mol. The minimum absolute atomic E-state index is 0.141. The fourth-order valence-electron chi connectivity index (χ4n) is 2.56. The number of para-hydroxylation sites is 1. The molecule has 7 heteroatoms. The molecule has 0 amide bonds. The van der Waals surface area contributed by atoms with E-state index in [1.165, 1.54) is 27.4 Å². The van der Waals surface area contributed by atoms with E-state index < -0.39 is 5.97 Å². The number of fused-ring (bicyclic) bond motifs is 1. The van der Waals surface area contributed by atoms with Crippen molar-refractivity contribution in [2.24, 2.45) is 0 Å². The van der Waals surface area contributed by atoms with Gasteiger partial charge in [0.2, 0.25) is 5.75 Å². The zero-order valence-corrected chi connectivity index (χ0v) is 13.4. The van der Waals surface area contributed by atoms with Crippen molar-refractivity contribution < 1.29 is 24.1 Å². The van der Waals surface area contributed by atoms with E-state index in [-0.39, 0.29) is 5.56 Å². The summed E-state index contributed by atoms with van der Waals surface area (Å²) in [6.45, 7) is 0. The highest BCUT2D eigenvalue weighted by Crippen LogP contribution is 2.40. The summed E-state index contributed by atoms with van der Waals surface area (Å²) in [5, 5.41) is 9.28. The highest BCUT2D eigenvalue weighted by atomic mass is 16.5. The third-order valence-electron chi connectivity index (χ3n) is 3.68.